The summed E-state index contributed by atoms with van der Waals surface area (Å²) in [6.45, 7) is 2.07. The van der Waals surface area contributed by atoms with E-state index in [4.69, 9.17) is 5.11 Å². The standard InChI is InChI=1S/C12H11N3O4S/c1-7-2-3-10(15(18)19)8(4-7)13-5-11-14-9(6-20-11)12(16)17/h2-4,6,13H,5H2,1H3,(H,16,17). The Labute approximate surface area is 118 Å². The number of nitro benzene ring substituents is 1. The number of hydrogen-bond donors (Lipinski definition) is 2. The molecule has 0 radical (unpaired) electrons. The maximum Gasteiger partial charge on any atom is 0.355 e. The number of aromatic nitrogens is 1. The lowest BCUT2D eigenvalue weighted by Gasteiger charge is -2.06. The number of carboxylic acids is 1. The molecule has 0 unspecified atom stereocenters. The SMILES string of the molecule is Cc1ccc([N+](=O)[O-])c(NCc2nc(C(=O)O)cs2)c1. The van der Waals surface area contributed by atoms with Gasteiger partial charge in [-0.25, -0.2) is 9.78 Å². The highest BCUT2D eigenvalue weighted by atomic mass is 32.1. The fraction of sp³-hybridized carbons (Fsp3) is 0.167. The van der Waals surface area contributed by atoms with Crippen LogP contribution in [0.3, 0.4) is 0 Å². The van der Waals surface area contributed by atoms with E-state index in [1.165, 1.54) is 22.8 Å². The highest BCUT2D eigenvalue weighted by molar-refractivity contribution is 7.09. The Balaban J connectivity index is 2.15. The summed E-state index contributed by atoms with van der Waals surface area (Å²) in [5.41, 5.74) is 1.24. The van der Waals surface area contributed by atoms with Gasteiger partial charge in [-0.05, 0) is 18.6 Å². The normalized spacial score (nSPS) is 10.2. The van der Waals surface area contributed by atoms with Gasteiger partial charge in [-0.2, -0.15) is 0 Å². The third kappa shape index (κ3) is 3.09. The van der Waals surface area contributed by atoms with Crippen molar-refractivity contribution in [2.24, 2.45) is 0 Å². The third-order valence-electron chi connectivity index (χ3n) is 2.55. The van der Waals surface area contributed by atoms with Crippen LogP contribution in [0.1, 0.15) is 21.1 Å². The van der Waals surface area contributed by atoms with Gasteiger partial charge < -0.3 is 10.4 Å². The molecule has 104 valence electrons. The summed E-state index contributed by atoms with van der Waals surface area (Å²) in [5, 5.41) is 24.6. The molecular weight excluding hydrogens is 282 g/mol. The van der Waals surface area contributed by atoms with Crippen molar-refractivity contribution in [3.8, 4) is 0 Å². The van der Waals surface area contributed by atoms with E-state index in [-0.39, 0.29) is 17.9 Å². The lowest BCUT2D eigenvalue weighted by Crippen LogP contribution is -2.04. The summed E-state index contributed by atoms with van der Waals surface area (Å²) < 4.78 is 0. The number of benzene rings is 1. The Morgan fingerprint density at radius 2 is 2.30 bits per heavy atom. The highest BCUT2D eigenvalue weighted by Gasteiger charge is 2.14. The van der Waals surface area contributed by atoms with Gasteiger partial charge in [0.2, 0.25) is 0 Å². The molecule has 1 aromatic heterocycles. The Hall–Kier alpha value is -2.48. The summed E-state index contributed by atoms with van der Waals surface area (Å²) >= 11 is 1.19. The molecule has 1 aromatic carbocycles. The Morgan fingerprint density at radius 1 is 1.55 bits per heavy atom. The van der Waals surface area contributed by atoms with Crippen LogP contribution in [-0.4, -0.2) is 21.0 Å². The van der Waals surface area contributed by atoms with E-state index >= 15 is 0 Å². The zero-order valence-corrected chi connectivity index (χ0v) is 11.3. The number of carboxylic acid groups (broad SMARTS) is 1. The Morgan fingerprint density at radius 3 is 2.90 bits per heavy atom. The van der Waals surface area contributed by atoms with Crippen molar-refractivity contribution in [3.63, 3.8) is 0 Å². The number of nitro groups is 1. The molecule has 0 amide bonds. The smallest absolute Gasteiger partial charge is 0.355 e. The monoisotopic (exact) mass is 293 g/mol. The Bertz CT molecular complexity index is 668. The number of aromatic carboxylic acids is 1. The topological polar surface area (TPSA) is 105 Å². The number of anilines is 1. The average molecular weight is 293 g/mol. The van der Waals surface area contributed by atoms with Crippen molar-refractivity contribution < 1.29 is 14.8 Å². The number of aryl methyl sites for hydroxylation is 1. The van der Waals surface area contributed by atoms with Gasteiger partial charge in [0.1, 0.15) is 10.7 Å². The van der Waals surface area contributed by atoms with Crippen LogP contribution >= 0.6 is 11.3 Å². The van der Waals surface area contributed by atoms with Crippen LogP contribution in [0.15, 0.2) is 23.6 Å². The molecule has 0 saturated carbocycles. The summed E-state index contributed by atoms with van der Waals surface area (Å²) in [5.74, 6) is -1.09. The predicted molar refractivity (Wildman–Crippen MR) is 74.2 cm³/mol. The summed E-state index contributed by atoms with van der Waals surface area (Å²) in [4.78, 5) is 25.1. The zero-order valence-electron chi connectivity index (χ0n) is 10.5. The minimum absolute atomic E-state index is 0.0226. The van der Waals surface area contributed by atoms with Crippen LogP contribution in [0.25, 0.3) is 0 Å². The van der Waals surface area contributed by atoms with Gasteiger partial charge in [0, 0.05) is 11.4 Å². The molecule has 0 aliphatic heterocycles. The van der Waals surface area contributed by atoms with Crippen LogP contribution in [0.4, 0.5) is 11.4 Å². The van der Waals surface area contributed by atoms with Crippen LogP contribution < -0.4 is 5.32 Å². The van der Waals surface area contributed by atoms with Crippen LogP contribution in [0.2, 0.25) is 0 Å². The molecule has 2 rings (SSSR count). The molecular formula is C12H11N3O4S. The maximum absolute atomic E-state index is 10.9. The van der Waals surface area contributed by atoms with E-state index in [0.29, 0.717) is 10.7 Å². The molecule has 0 aliphatic carbocycles. The van der Waals surface area contributed by atoms with Crippen molar-refractivity contribution in [1.82, 2.24) is 4.98 Å². The van der Waals surface area contributed by atoms with Crippen molar-refractivity contribution in [1.29, 1.82) is 0 Å². The second-order valence-electron chi connectivity index (χ2n) is 4.06. The van der Waals surface area contributed by atoms with Crippen LogP contribution in [-0.2, 0) is 6.54 Å². The molecule has 2 N–H and O–H groups in total. The lowest BCUT2D eigenvalue weighted by atomic mass is 10.2. The van der Waals surface area contributed by atoms with E-state index in [0.717, 1.165) is 5.56 Å². The van der Waals surface area contributed by atoms with Crippen LogP contribution in [0, 0.1) is 17.0 Å². The van der Waals surface area contributed by atoms with Gasteiger partial charge in [-0.1, -0.05) is 6.07 Å². The number of thiazole rings is 1. The maximum atomic E-state index is 10.9. The second-order valence-corrected chi connectivity index (χ2v) is 5.01. The molecule has 2 aromatic rings. The molecule has 0 spiro atoms. The highest BCUT2D eigenvalue weighted by Crippen LogP contribution is 2.26. The van der Waals surface area contributed by atoms with E-state index in [2.05, 4.69) is 10.3 Å². The molecule has 0 atom stereocenters. The average Bonchev–Trinajstić information content (AvgIpc) is 2.85. The van der Waals surface area contributed by atoms with Gasteiger partial charge in [0.05, 0.1) is 11.5 Å². The minimum atomic E-state index is -1.09. The molecule has 1 heterocycles. The number of hydrogen-bond acceptors (Lipinski definition) is 6. The summed E-state index contributed by atoms with van der Waals surface area (Å²) in [7, 11) is 0. The van der Waals surface area contributed by atoms with Gasteiger partial charge >= 0.3 is 5.97 Å². The number of nitrogens with zero attached hydrogens (tertiary/aromatic N) is 2. The quantitative estimate of drug-likeness (QED) is 0.648. The summed E-state index contributed by atoms with van der Waals surface area (Å²) in [6.07, 6.45) is 0. The van der Waals surface area contributed by atoms with Gasteiger partial charge in [-0.15, -0.1) is 11.3 Å². The zero-order chi connectivity index (χ0) is 14.7. The molecule has 0 aliphatic rings. The van der Waals surface area contributed by atoms with Crippen LogP contribution in [0.5, 0.6) is 0 Å². The van der Waals surface area contributed by atoms with Gasteiger partial charge in [0.15, 0.2) is 5.69 Å². The van der Waals surface area contributed by atoms with Crippen molar-refractivity contribution in [2.45, 2.75) is 13.5 Å². The van der Waals surface area contributed by atoms with Crippen molar-refractivity contribution in [3.05, 3.63) is 50.0 Å². The molecule has 8 heteroatoms. The van der Waals surface area contributed by atoms with Crippen molar-refractivity contribution >= 4 is 28.7 Å². The second kappa shape index (κ2) is 5.66. The molecule has 0 fully saturated rings. The molecule has 7 nitrogen and oxygen atoms in total. The number of rotatable bonds is 5. The first-order valence-corrected chi connectivity index (χ1v) is 6.52. The number of carbonyl (C=O) groups is 1. The van der Waals surface area contributed by atoms with Gasteiger partial charge in [0.25, 0.3) is 5.69 Å². The first-order valence-electron chi connectivity index (χ1n) is 5.64. The van der Waals surface area contributed by atoms with E-state index in [1.54, 1.807) is 12.1 Å². The Kier molecular flexibility index (Phi) is 3.94. The fourth-order valence-corrected chi connectivity index (χ4v) is 2.32. The molecule has 0 saturated heterocycles. The first-order chi connectivity index (χ1) is 9.47. The molecule has 0 bridgehead atoms. The van der Waals surface area contributed by atoms with E-state index < -0.39 is 10.9 Å². The van der Waals surface area contributed by atoms with E-state index in [1.807, 2.05) is 6.92 Å². The third-order valence-corrected chi connectivity index (χ3v) is 3.40. The minimum Gasteiger partial charge on any atom is -0.476 e. The number of nitrogens with one attached hydrogen (secondary N) is 1. The first kappa shape index (κ1) is 13.9. The lowest BCUT2D eigenvalue weighted by molar-refractivity contribution is -0.384. The van der Waals surface area contributed by atoms with Gasteiger partial charge in [-0.3, -0.25) is 10.1 Å². The summed E-state index contributed by atoms with van der Waals surface area (Å²) in [6, 6.07) is 4.77. The molecule has 20 heavy (non-hydrogen) atoms. The fourth-order valence-electron chi connectivity index (χ4n) is 1.61. The largest absolute Gasteiger partial charge is 0.476 e. The van der Waals surface area contributed by atoms with E-state index in [9.17, 15) is 14.9 Å². The van der Waals surface area contributed by atoms with Crippen molar-refractivity contribution in [2.75, 3.05) is 5.32 Å². The predicted octanol–water partition coefficient (Wildman–Crippen LogP) is 2.67.